The number of ether oxygens (including phenoxy) is 4. The van der Waals surface area contributed by atoms with E-state index in [0.717, 1.165) is 18.4 Å². The standard InChI is InChI=1S/C20H30N2O6/c1-5-6-9-28-20(24)22-12-15(13-22)18(19(23)27-4)21-11-14-7-8-16(25-2)10-17(14)26-3/h7-8,10,15,18,21H,5-6,9,11-13H2,1-4H3. The van der Waals surface area contributed by atoms with Gasteiger partial charge in [-0.1, -0.05) is 19.4 Å². The molecule has 8 heteroatoms. The third-order valence-electron chi connectivity index (χ3n) is 4.82. The second-order valence-electron chi connectivity index (χ2n) is 6.69. The van der Waals surface area contributed by atoms with Gasteiger partial charge in [0.15, 0.2) is 0 Å². The highest BCUT2D eigenvalue weighted by Gasteiger charge is 2.40. The Labute approximate surface area is 166 Å². The minimum Gasteiger partial charge on any atom is -0.497 e. The number of methoxy groups -OCH3 is 3. The largest absolute Gasteiger partial charge is 0.497 e. The van der Waals surface area contributed by atoms with Gasteiger partial charge in [0.2, 0.25) is 0 Å². The van der Waals surface area contributed by atoms with Gasteiger partial charge in [0.25, 0.3) is 0 Å². The van der Waals surface area contributed by atoms with Gasteiger partial charge in [-0.05, 0) is 12.5 Å². The van der Waals surface area contributed by atoms with Gasteiger partial charge in [-0.15, -0.1) is 0 Å². The predicted octanol–water partition coefficient (Wildman–Crippen LogP) is 2.20. The van der Waals surface area contributed by atoms with Crippen LogP contribution in [0.15, 0.2) is 18.2 Å². The Bertz CT molecular complexity index is 660. The summed E-state index contributed by atoms with van der Waals surface area (Å²) in [6.07, 6.45) is 1.49. The highest BCUT2D eigenvalue weighted by Crippen LogP contribution is 2.26. The number of nitrogens with zero attached hydrogens (tertiary/aromatic N) is 1. The summed E-state index contributed by atoms with van der Waals surface area (Å²) in [5, 5.41) is 3.24. The van der Waals surface area contributed by atoms with Crippen LogP contribution < -0.4 is 14.8 Å². The number of esters is 1. The molecule has 0 aromatic heterocycles. The van der Waals surface area contributed by atoms with Crippen molar-refractivity contribution in [1.82, 2.24) is 10.2 Å². The molecule has 1 aliphatic rings. The van der Waals surface area contributed by atoms with Crippen molar-refractivity contribution in [3.05, 3.63) is 23.8 Å². The molecular weight excluding hydrogens is 364 g/mol. The van der Waals surface area contributed by atoms with Crippen molar-refractivity contribution >= 4 is 12.1 Å². The number of unbranched alkanes of at least 4 members (excludes halogenated alkanes) is 1. The Hall–Kier alpha value is -2.48. The molecule has 156 valence electrons. The van der Waals surface area contributed by atoms with Crippen LogP contribution in [0.1, 0.15) is 25.3 Å². The van der Waals surface area contributed by atoms with E-state index in [9.17, 15) is 9.59 Å². The van der Waals surface area contributed by atoms with E-state index >= 15 is 0 Å². The second-order valence-corrected chi connectivity index (χ2v) is 6.69. The van der Waals surface area contributed by atoms with E-state index in [1.807, 2.05) is 19.1 Å². The summed E-state index contributed by atoms with van der Waals surface area (Å²) >= 11 is 0. The summed E-state index contributed by atoms with van der Waals surface area (Å²) in [5.41, 5.74) is 0.896. The third kappa shape index (κ3) is 5.51. The van der Waals surface area contributed by atoms with E-state index in [4.69, 9.17) is 18.9 Å². The fourth-order valence-electron chi connectivity index (χ4n) is 3.05. The van der Waals surface area contributed by atoms with Crippen LogP contribution in [0.5, 0.6) is 11.5 Å². The van der Waals surface area contributed by atoms with Crippen molar-refractivity contribution < 1.29 is 28.5 Å². The van der Waals surface area contributed by atoms with Gasteiger partial charge in [0, 0.05) is 37.2 Å². The van der Waals surface area contributed by atoms with Crippen LogP contribution in [-0.2, 0) is 20.8 Å². The Balaban J connectivity index is 1.93. The van der Waals surface area contributed by atoms with E-state index < -0.39 is 6.04 Å². The van der Waals surface area contributed by atoms with Crippen LogP contribution in [0.3, 0.4) is 0 Å². The fraction of sp³-hybridized carbons (Fsp3) is 0.600. The zero-order valence-electron chi connectivity index (χ0n) is 17.0. The van der Waals surface area contributed by atoms with E-state index in [1.54, 1.807) is 25.2 Å². The summed E-state index contributed by atoms with van der Waals surface area (Å²) < 4.78 is 20.7. The molecule has 28 heavy (non-hydrogen) atoms. The molecule has 0 bridgehead atoms. The summed E-state index contributed by atoms with van der Waals surface area (Å²) in [4.78, 5) is 25.8. The molecule has 0 radical (unpaired) electrons. The molecule has 1 saturated heterocycles. The van der Waals surface area contributed by atoms with Gasteiger partial charge >= 0.3 is 12.1 Å². The minimum atomic E-state index is -0.517. The molecule has 1 amide bonds. The molecule has 1 aromatic rings. The van der Waals surface area contributed by atoms with Crippen LogP contribution in [0.2, 0.25) is 0 Å². The number of rotatable bonds is 10. The summed E-state index contributed by atoms with van der Waals surface area (Å²) in [7, 11) is 4.54. The molecule has 1 aromatic carbocycles. The van der Waals surface area contributed by atoms with Crippen molar-refractivity contribution in [2.75, 3.05) is 41.0 Å². The minimum absolute atomic E-state index is 0.0320. The van der Waals surface area contributed by atoms with Crippen LogP contribution in [0.25, 0.3) is 0 Å². The average molecular weight is 394 g/mol. The Morgan fingerprint density at radius 1 is 1.21 bits per heavy atom. The quantitative estimate of drug-likeness (QED) is 0.481. The SMILES string of the molecule is CCCCOC(=O)N1CC(C(NCc2ccc(OC)cc2OC)C(=O)OC)C1. The van der Waals surface area contributed by atoms with Crippen molar-refractivity contribution in [2.45, 2.75) is 32.4 Å². The fourth-order valence-corrected chi connectivity index (χ4v) is 3.05. The molecule has 0 saturated carbocycles. The Kier molecular flexibility index (Phi) is 8.38. The van der Waals surface area contributed by atoms with Gasteiger partial charge in [-0.2, -0.15) is 0 Å². The number of carbonyl (C=O) groups excluding carboxylic acids is 2. The summed E-state index contributed by atoms with van der Waals surface area (Å²) in [6, 6.07) is 5.00. The number of carbonyl (C=O) groups is 2. The molecule has 2 rings (SSSR count). The van der Waals surface area contributed by atoms with Crippen molar-refractivity contribution in [3.8, 4) is 11.5 Å². The first-order chi connectivity index (χ1) is 13.5. The van der Waals surface area contributed by atoms with Gasteiger partial charge in [-0.25, -0.2) is 4.79 Å². The normalized spacial score (nSPS) is 14.8. The van der Waals surface area contributed by atoms with Crippen LogP contribution in [-0.4, -0.2) is 64.0 Å². The van der Waals surface area contributed by atoms with Crippen LogP contribution in [0.4, 0.5) is 4.79 Å². The van der Waals surface area contributed by atoms with Crippen molar-refractivity contribution in [2.24, 2.45) is 5.92 Å². The highest BCUT2D eigenvalue weighted by molar-refractivity contribution is 5.77. The number of benzene rings is 1. The molecular formula is C20H30N2O6. The lowest BCUT2D eigenvalue weighted by Gasteiger charge is -2.41. The van der Waals surface area contributed by atoms with Crippen molar-refractivity contribution in [3.63, 3.8) is 0 Å². The summed E-state index contributed by atoms with van der Waals surface area (Å²) in [5.74, 6) is 0.985. The maximum Gasteiger partial charge on any atom is 0.409 e. The third-order valence-corrected chi connectivity index (χ3v) is 4.82. The first-order valence-corrected chi connectivity index (χ1v) is 9.47. The Morgan fingerprint density at radius 3 is 2.57 bits per heavy atom. The molecule has 1 aliphatic heterocycles. The molecule has 0 spiro atoms. The van der Waals surface area contributed by atoms with Gasteiger partial charge in [0.05, 0.1) is 27.9 Å². The van der Waals surface area contributed by atoms with E-state index in [2.05, 4.69) is 5.32 Å². The second kappa shape index (κ2) is 10.8. The van der Waals surface area contributed by atoms with Crippen LogP contribution in [0, 0.1) is 5.92 Å². The molecule has 1 heterocycles. The maximum absolute atomic E-state index is 12.2. The molecule has 1 fully saturated rings. The zero-order chi connectivity index (χ0) is 20.5. The number of hydrogen-bond acceptors (Lipinski definition) is 7. The zero-order valence-corrected chi connectivity index (χ0v) is 17.0. The first kappa shape index (κ1) is 21.8. The number of hydrogen-bond donors (Lipinski definition) is 1. The number of amides is 1. The number of likely N-dealkylation sites (tertiary alicyclic amines) is 1. The van der Waals surface area contributed by atoms with Crippen molar-refractivity contribution in [1.29, 1.82) is 0 Å². The molecule has 1 unspecified atom stereocenters. The van der Waals surface area contributed by atoms with Gasteiger partial charge in [-0.3, -0.25) is 10.1 Å². The molecule has 1 atom stereocenters. The Morgan fingerprint density at radius 2 is 1.96 bits per heavy atom. The maximum atomic E-state index is 12.2. The monoisotopic (exact) mass is 394 g/mol. The van der Waals surface area contributed by atoms with E-state index in [-0.39, 0.29) is 18.0 Å². The lowest BCUT2D eigenvalue weighted by molar-refractivity contribution is -0.146. The number of nitrogens with one attached hydrogen (secondary N) is 1. The first-order valence-electron chi connectivity index (χ1n) is 9.47. The lowest BCUT2D eigenvalue weighted by Crippen LogP contribution is -2.60. The lowest BCUT2D eigenvalue weighted by atomic mass is 9.91. The smallest absolute Gasteiger partial charge is 0.409 e. The van der Waals surface area contributed by atoms with Gasteiger partial charge in [0.1, 0.15) is 17.5 Å². The van der Waals surface area contributed by atoms with Crippen LogP contribution >= 0.6 is 0 Å². The topological polar surface area (TPSA) is 86.3 Å². The molecule has 1 N–H and O–H groups in total. The average Bonchev–Trinajstić information content (AvgIpc) is 2.68. The van der Waals surface area contributed by atoms with E-state index in [0.29, 0.717) is 37.7 Å². The predicted molar refractivity (Wildman–Crippen MR) is 104 cm³/mol. The summed E-state index contributed by atoms with van der Waals surface area (Å²) in [6.45, 7) is 3.80. The van der Waals surface area contributed by atoms with Gasteiger partial charge < -0.3 is 23.8 Å². The van der Waals surface area contributed by atoms with E-state index in [1.165, 1.54) is 7.11 Å². The molecule has 0 aliphatic carbocycles. The highest BCUT2D eigenvalue weighted by atomic mass is 16.6. The molecule has 8 nitrogen and oxygen atoms in total.